The van der Waals surface area contributed by atoms with E-state index < -0.39 is 0 Å². The summed E-state index contributed by atoms with van der Waals surface area (Å²) in [5.74, 6) is 0.919. The van der Waals surface area contributed by atoms with Crippen LogP contribution in [0.3, 0.4) is 0 Å². The molecule has 132 valence electrons. The van der Waals surface area contributed by atoms with Crippen LogP contribution in [0.1, 0.15) is 16.8 Å². The van der Waals surface area contributed by atoms with E-state index in [0.29, 0.717) is 17.3 Å². The van der Waals surface area contributed by atoms with Crippen LogP contribution in [0.5, 0.6) is 5.75 Å². The molecule has 0 aliphatic heterocycles. The number of halogens is 1. The van der Waals surface area contributed by atoms with Gasteiger partial charge in [-0.1, -0.05) is 23.7 Å². The molecule has 26 heavy (non-hydrogen) atoms. The number of hydrogen-bond acceptors (Lipinski definition) is 6. The van der Waals surface area contributed by atoms with Crippen molar-refractivity contribution in [3.8, 4) is 5.75 Å². The highest BCUT2D eigenvalue weighted by Gasteiger charge is 1.99. The zero-order valence-electron chi connectivity index (χ0n) is 13.9. The molecule has 0 atom stereocenters. The molecule has 0 saturated heterocycles. The molecular formula is C18H16ClN5O2. The van der Waals surface area contributed by atoms with E-state index in [1.807, 2.05) is 48.5 Å². The SMILES string of the molecule is Cc1nnc(N/N=C/c2ccc(OCc3cccc(Cl)c3)cc2)[nH]c1=O. The van der Waals surface area contributed by atoms with Gasteiger partial charge in [0.1, 0.15) is 18.1 Å². The summed E-state index contributed by atoms with van der Waals surface area (Å²) < 4.78 is 5.72. The maximum absolute atomic E-state index is 11.4. The smallest absolute Gasteiger partial charge is 0.274 e. The van der Waals surface area contributed by atoms with Gasteiger partial charge in [-0.25, -0.2) is 5.43 Å². The minimum absolute atomic E-state index is 0.179. The normalized spacial score (nSPS) is 10.8. The minimum Gasteiger partial charge on any atom is -0.489 e. The summed E-state index contributed by atoms with van der Waals surface area (Å²) in [4.78, 5) is 13.9. The highest BCUT2D eigenvalue weighted by atomic mass is 35.5. The van der Waals surface area contributed by atoms with Gasteiger partial charge in [0.15, 0.2) is 0 Å². The van der Waals surface area contributed by atoms with Gasteiger partial charge in [-0.15, -0.1) is 10.2 Å². The predicted octanol–water partition coefficient (Wildman–Crippen LogP) is 3.15. The molecule has 8 heteroatoms. The summed E-state index contributed by atoms with van der Waals surface area (Å²) in [5.41, 5.74) is 4.47. The third kappa shape index (κ3) is 4.90. The molecule has 0 unspecified atom stereocenters. The van der Waals surface area contributed by atoms with Gasteiger partial charge in [0.25, 0.3) is 5.56 Å². The van der Waals surface area contributed by atoms with Gasteiger partial charge >= 0.3 is 0 Å². The van der Waals surface area contributed by atoms with Crippen LogP contribution < -0.4 is 15.7 Å². The first kappa shape index (κ1) is 17.6. The van der Waals surface area contributed by atoms with Crippen molar-refractivity contribution in [1.82, 2.24) is 15.2 Å². The fourth-order valence-electron chi connectivity index (χ4n) is 2.06. The third-order valence-electron chi connectivity index (χ3n) is 3.42. The molecular weight excluding hydrogens is 354 g/mol. The quantitative estimate of drug-likeness (QED) is 0.514. The fourth-order valence-corrected chi connectivity index (χ4v) is 2.27. The Morgan fingerprint density at radius 1 is 1.23 bits per heavy atom. The monoisotopic (exact) mass is 369 g/mol. The molecule has 0 spiro atoms. The molecule has 3 aromatic rings. The number of H-pyrrole nitrogens is 1. The number of hydrazone groups is 1. The Balaban J connectivity index is 1.55. The molecule has 0 saturated carbocycles. The lowest BCUT2D eigenvalue weighted by atomic mass is 10.2. The van der Waals surface area contributed by atoms with Crippen LogP contribution in [0.15, 0.2) is 58.4 Å². The Morgan fingerprint density at radius 2 is 2.04 bits per heavy atom. The molecule has 0 fully saturated rings. The molecule has 2 N–H and O–H groups in total. The van der Waals surface area contributed by atoms with E-state index in [4.69, 9.17) is 16.3 Å². The molecule has 1 aromatic heterocycles. The van der Waals surface area contributed by atoms with Gasteiger partial charge in [0.05, 0.1) is 6.21 Å². The summed E-state index contributed by atoms with van der Waals surface area (Å²) in [6.45, 7) is 2.02. The van der Waals surface area contributed by atoms with Crippen LogP contribution in [0.4, 0.5) is 5.95 Å². The minimum atomic E-state index is -0.307. The summed E-state index contributed by atoms with van der Waals surface area (Å²) in [6, 6.07) is 15.0. The van der Waals surface area contributed by atoms with Crippen molar-refractivity contribution in [1.29, 1.82) is 0 Å². The second-order valence-electron chi connectivity index (χ2n) is 5.45. The zero-order valence-corrected chi connectivity index (χ0v) is 14.7. The highest BCUT2D eigenvalue weighted by molar-refractivity contribution is 6.30. The molecule has 0 bridgehead atoms. The van der Waals surface area contributed by atoms with Crippen molar-refractivity contribution in [3.05, 3.63) is 80.7 Å². The van der Waals surface area contributed by atoms with Gasteiger partial charge < -0.3 is 4.74 Å². The van der Waals surface area contributed by atoms with E-state index in [0.717, 1.165) is 16.9 Å². The van der Waals surface area contributed by atoms with Crippen LogP contribution >= 0.6 is 11.6 Å². The Hall–Kier alpha value is -3.19. The lowest BCUT2D eigenvalue weighted by Crippen LogP contribution is -2.15. The molecule has 7 nitrogen and oxygen atoms in total. The first-order valence-electron chi connectivity index (χ1n) is 7.80. The van der Waals surface area contributed by atoms with Gasteiger partial charge in [0.2, 0.25) is 5.95 Å². The van der Waals surface area contributed by atoms with Crippen molar-refractivity contribution in [2.45, 2.75) is 13.5 Å². The van der Waals surface area contributed by atoms with Gasteiger partial charge in [-0.05, 0) is 54.4 Å². The highest BCUT2D eigenvalue weighted by Crippen LogP contribution is 2.15. The van der Waals surface area contributed by atoms with Gasteiger partial charge in [-0.3, -0.25) is 9.78 Å². The third-order valence-corrected chi connectivity index (χ3v) is 3.65. The van der Waals surface area contributed by atoms with Crippen molar-refractivity contribution in [3.63, 3.8) is 0 Å². The Labute approximate surface area is 154 Å². The average Bonchev–Trinajstić information content (AvgIpc) is 2.64. The van der Waals surface area contributed by atoms with Crippen LogP contribution in [0, 0.1) is 6.92 Å². The fraction of sp³-hybridized carbons (Fsp3) is 0.111. The molecule has 2 aromatic carbocycles. The molecule has 0 amide bonds. The Kier molecular flexibility index (Phi) is 5.60. The van der Waals surface area contributed by atoms with Crippen LogP contribution in [-0.2, 0) is 6.61 Å². The lowest BCUT2D eigenvalue weighted by Gasteiger charge is -2.06. The standard InChI is InChI=1S/C18H16ClN5O2/c1-12-17(25)21-18(24-22-12)23-20-10-13-5-7-16(8-6-13)26-11-14-3-2-4-15(19)9-14/h2-10H,11H2,1H3,(H2,21,23,24,25)/b20-10+. The Morgan fingerprint density at radius 3 is 2.77 bits per heavy atom. The van der Waals surface area contributed by atoms with Gasteiger partial charge in [-0.2, -0.15) is 5.10 Å². The molecule has 1 heterocycles. The Bertz CT molecular complexity index is 970. The average molecular weight is 370 g/mol. The van der Waals surface area contributed by atoms with Crippen molar-refractivity contribution in [2.75, 3.05) is 5.43 Å². The number of nitrogens with zero attached hydrogens (tertiary/aromatic N) is 3. The second-order valence-corrected chi connectivity index (χ2v) is 5.88. The number of nitrogens with one attached hydrogen (secondary N) is 2. The lowest BCUT2D eigenvalue weighted by molar-refractivity contribution is 0.306. The van der Waals surface area contributed by atoms with E-state index in [1.165, 1.54) is 0 Å². The number of ether oxygens (including phenoxy) is 1. The topological polar surface area (TPSA) is 92.3 Å². The van der Waals surface area contributed by atoms with Crippen molar-refractivity contribution >= 4 is 23.8 Å². The number of aryl methyl sites for hydroxylation is 1. The van der Waals surface area contributed by atoms with Crippen LogP contribution in [-0.4, -0.2) is 21.4 Å². The molecule has 3 rings (SSSR count). The number of hydrogen-bond donors (Lipinski definition) is 2. The maximum atomic E-state index is 11.4. The van der Waals surface area contributed by atoms with Crippen molar-refractivity contribution < 1.29 is 4.74 Å². The summed E-state index contributed by atoms with van der Waals surface area (Å²) in [5, 5.41) is 12.2. The van der Waals surface area contributed by atoms with E-state index in [9.17, 15) is 4.79 Å². The van der Waals surface area contributed by atoms with Crippen LogP contribution in [0.25, 0.3) is 0 Å². The van der Waals surface area contributed by atoms with Crippen LogP contribution in [0.2, 0.25) is 5.02 Å². The first-order valence-corrected chi connectivity index (χ1v) is 8.18. The summed E-state index contributed by atoms with van der Waals surface area (Å²) in [7, 11) is 0. The second kappa shape index (κ2) is 8.26. The number of aromatic nitrogens is 3. The van der Waals surface area contributed by atoms with E-state index in [1.54, 1.807) is 13.1 Å². The van der Waals surface area contributed by atoms with Crippen molar-refractivity contribution in [2.24, 2.45) is 5.10 Å². The van der Waals surface area contributed by atoms with Gasteiger partial charge in [0, 0.05) is 5.02 Å². The van der Waals surface area contributed by atoms with E-state index in [-0.39, 0.29) is 11.5 Å². The van der Waals surface area contributed by atoms with E-state index >= 15 is 0 Å². The zero-order chi connectivity index (χ0) is 18.4. The number of benzene rings is 2. The largest absolute Gasteiger partial charge is 0.489 e. The molecule has 0 aliphatic carbocycles. The maximum Gasteiger partial charge on any atom is 0.274 e. The number of aromatic amines is 1. The number of rotatable bonds is 6. The molecule has 0 radical (unpaired) electrons. The predicted molar refractivity (Wildman–Crippen MR) is 101 cm³/mol. The first-order chi connectivity index (χ1) is 12.6. The summed E-state index contributed by atoms with van der Waals surface area (Å²) >= 11 is 5.95. The summed E-state index contributed by atoms with van der Waals surface area (Å²) in [6.07, 6.45) is 1.60. The molecule has 0 aliphatic rings. The van der Waals surface area contributed by atoms with E-state index in [2.05, 4.69) is 25.7 Å². The number of anilines is 1.